The summed E-state index contributed by atoms with van der Waals surface area (Å²) >= 11 is 0. The van der Waals surface area contributed by atoms with Crippen LogP contribution in [-0.2, 0) is 27.0 Å². The van der Waals surface area contributed by atoms with E-state index < -0.39 is 35.6 Å². The van der Waals surface area contributed by atoms with Crippen LogP contribution in [0.4, 0.5) is 18.9 Å². The number of para-hydroxylation sites is 1. The van der Waals surface area contributed by atoms with Gasteiger partial charge in [0.05, 0.1) is 29.0 Å². The first-order valence-electron chi connectivity index (χ1n) is 13.3. The number of fused-ring (bicyclic) bond motifs is 1. The third kappa shape index (κ3) is 7.87. The number of aromatic nitrogens is 1. The lowest BCUT2D eigenvalue weighted by atomic mass is 9.96. The number of halogens is 3. The van der Waals surface area contributed by atoms with Crippen molar-refractivity contribution < 1.29 is 27.6 Å². The van der Waals surface area contributed by atoms with Gasteiger partial charge in [-0.05, 0) is 49.1 Å². The number of rotatable bonds is 10. The highest BCUT2D eigenvalue weighted by molar-refractivity contribution is 5.99. The lowest BCUT2D eigenvalue weighted by molar-refractivity contribution is -0.137. The molecule has 218 valence electrons. The Morgan fingerprint density at radius 2 is 1.63 bits per heavy atom. The van der Waals surface area contributed by atoms with Gasteiger partial charge in [0.15, 0.2) is 0 Å². The van der Waals surface area contributed by atoms with Crippen molar-refractivity contribution in [2.45, 2.75) is 62.4 Å². The van der Waals surface area contributed by atoms with E-state index in [-0.39, 0.29) is 43.0 Å². The summed E-state index contributed by atoms with van der Waals surface area (Å²) in [4.78, 5) is 43.1. The fourth-order valence-electron chi connectivity index (χ4n) is 4.92. The Kier molecular flexibility index (Phi) is 9.36. The van der Waals surface area contributed by atoms with E-state index in [1.54, 1.807) is 6.07 Å². The minimum atomic E-state index is -4.51. The van der Waals surface area contributed by atoms with Gasteiger partial charge in [0, 0.05) is 36.2 Å². The van der Waals surface area contributed by atoms with Crippen LogP contribution >= 0.6 is 0 Å². The molecule has 4 rings (SSSR count). The largest absolute Gasteiger partial charge is 0.416 e. The molecule has 9 nitrogen and oxygen atoms in total. The second-order valence-electron chi connectivity index (χ2n) is 10.5. The number of anilines is 1. The summed E-state index contributed by atoms with van der Waals surface area (Å²) in [5.74, 6) is -1.61. The number of amides is 2. The van der Waals surface area contributed by atoms with Crippen LogP contribution in [0.15, 0.2) is 60.8 Å². The number of ketones is 1. The molecule has 1 aliphatic carbocycles. The number of benzene rings is 2. The highest BCUT2D eigenvalue weighted by Crippen LogP contribution is 2.29. The van der Waals surface area contributed by atoms with Gasteiger partial charge in [0.25, 0.3) is 0 Å². The molecule has 2 aromatic carbocycles. The van der Waals surface area contributed by atoms with Crippen molar-refractivity contribution in [3.8, 4) is 0 Å². The minimum Gasteiger partial charge on any atom is -0.343 e. The molecule has 0 bridgehead atoms. The zero-order valence-corrected chi connectivity index (χ0v) is 22.2. The molecular weight excluding hydrogens is 537 g/mol. The van der Waals surface area contributed by atoms with Crippen LogP contribution in [0.25, 0.3) is 10.9 Å². The van der Waals surface area contributed by atoms with Gasteiger partial charge in [-0.25, -0.2) is 0 Å². The molecule has 0 unspecified atom stereocenters. The normalized spacial score (nSPS) is 19.1. The molecule has 2 amide bonds. The summed E-state index contributed by atoms with van der Waals surface area (Å²) in [5, 5.41) is 6.10. The maximum atomic E-state index is 13.3. The summed E-state index contributed by atoms with van der Waals surface area (Å²) in [5.41, 5.74) is 18.5. The SMILES string of the molecule is N[C@@H](CCC(=O)C1C[C@H](N)[C@@H](N)C1)C(=O)N[C@H](Cc1ccc(C(F)(F)F)cc1)C(=O)Nc1cnc2ccccc2c1. The topological polar surface area (TPSA) is 166 Å². The summed E-state index contributed by atoms with van der Waals surface area (Å²) in [6.45, 7) is 0. The molecule has 1 aliphatic rings. The number of pyridine rings is 1. The third-order valence-electron chi connectivity index (χ3n) is 7.37. The number of nitrogens with two attached hydrogens (primary N) is 3. The van der Waals surface area contributed by atoms with Crippen molar-refractivity contribution in [1.82, 2.24) is 10.3 Å². The number of hydrogen-bond acceptors (Lipinski definition) is 7. The third-order valence-corrected chi connectivity index (χ3v) is 7.37. The quantitative estimate of drug-likeness (QED) is 0.250. The predicted octanol–water partition coefficient (Wildman–Crippen LogP) is 2.66. The van der Waals surface area contributed by atoms with Gasteiger partial charge in [-0.2, -0.15) is 13.2 Å². The first kappa shape index (κ1) is 30.1. The highest BCUT2D eigenvalue weighted by atomic mass is 19.4. The lowest BCUT2D eigenvalue weighted by Gasteiger charge is -2.21. The molecule has 41 heavy (non-hydrogen) atoms. The maximum Gasteiger partial charge on any atom is 0.416 e. The van der Waals surface area contributed by atoms with E-state index in [1.165, 1.54) is 18.3 Å². The number of hydrogen-bond donors (Lipinski definition) is 5. The number of carbonyl (C=O) groups is 3. The Labute approximate surface area is 235 Å². The van der Waals surface area contributed by atoms with Crippen LogP contribution in [0.1, 0.15) is 36.8 Å². The molecule has 0 saturated heterocycles. The Morgan fingerprint density at radius 1 is 0.976 bits per heavy atom. The molecule has 1 fully saturated rings. The molecule has 1 heterocycles. The average Bonchev–Trinajstić information content (AvgIpc) is 3.28. The van der Waals surface area contributed by atoms with E-state index >= 15 is 0 Å². The van der Waals surface area contributed by atoms with Crippen molar-refractivity contribution in [3.05, 3.63) is 71.9 Å². The number of nitrogens with one attached hydrogen (secondary N) is 2. The van der Waals surface area contributed by atoms with Crippen LogP contribution in [-0.4, -0.2) is 46.7 Å². The van der Waals surface area contributed by atoms with E-state index in [0.29, 0.717) is 24.1 Å². The van der Waals surface area contributed by atoms with E-state index in [0.717, 1.165) is 23.0 Å². The van der Waals surface area contributed by atoms with Crippen molar-refractivity contribution in [1.29, 1.82) is 0 Å². The first-order chi connectivity index (χ1) is 19.4. The molecule has 8 N–H and O–H groups in total. The fraction of sp³-hybridized carbons (Fsp3) is 0.379. The van der Waals surface area contributed by atoms with Crippen molar-refractivity contribution in [2.75, 3.05) is 5.32 Å². The van der Waals surface area contributed by atoms with E-state index in [9.17, 15) is 27.6 Å². The van der Waals surface area contributed by atoms with Gasteiger partial charge in [-0.15, -0.1) is 0 Å². The summed E-state index contributed by atoms with van der Waals surface area (Å²) in [6, 6.07) is 10.6. The second-order valence-corrected chi connectivity index (χ2v) is 10.5. The van der Waals surface area contributed by atoms with Gasteiger partial charge in [-0.1, -0.05) is 30.3 Å². The fourth-order valence-corrected chi connectivity index (χ4v) is 4.92. The van der Waals surface area contributed by atoms with Crippen LogP contribution in [0.2, 0.25) is 0 Å². The zero-order valence-electron chi connectivity index (χ0n) is 22.2. The van der Waals surface area contributed by atoms with Crippen LogP contribution < -0.4 is 27.8 Å². The smallest absolute Gasteiger partial charge is 0.343 e. The van der Waals surface area contributed by atoms with Crippen molar-refractivity contribution >= 4 is 34.2 Å². The molecule has 0 radical (unpaired) electrons. The molecule has 0 spiro atoms. The van der Waals surface area contributed by atoms with Crippen LogP contribution in [0.5, 0.6) is 0 Å². The average molecular weight is 571 g/mol. The summed E-state index contributed by atoms with van der Waals surface area (Å²) in [6.07, 6.45) is -2.06. The molecule has 1 saturated carbocycles. The Balaban J connectivity index is 1.44. The molecule has 4 atom stereocenters. The Hall–Kier alpha value is -3.87. The Morgan fingerprint density at radius 3 is 2.29 bits per heavy atom. The van der Waals surface area contributed by atoms with E-state index in [2.05, 4.69) is 15.6 Å². The van der Waals surface area contributed by atoms with Crippen molar-refractivity contribution in [3.63, 3.8) is 0 Å². The molecule has 0 aliphatic heterocycles. The van der Waals surface area contributed by atoms with Gasteiger partial charge >= 0.3 is 6.18 Å². The number of Topliss-reactive ketones (excluding diaryl/α,β-unsaturated/α-hetero) is 1. The molecular formula is C29H33F3N6O3. The monoisotopic (exact) mass is 570 g/mol. The second kappa shape index (κ2) is 12.8. The number of nitrogens with zero attached hydrogens (tertiary/aromatic N) is 1. The predicted molar refractivity (Wildman–Crippen MR) is 148 cm³/mol. The Bertz CT molecular complexity index is 1390. The lowest BCUT2D eigenvalue weighted by Crippen LogP contribution is -2.51. The number of carbonyl (C=O) groups excluding carboxylic acids is 3. The standard InChI is InChI=1S/C29H33F3N6O3/c30-29(31,32)19-7-5-16(6-8-19)11-25(28(41)37-20-12-17-3-1-2-4-24(17)36-15-20)38-27(40)21(33)9-10-26(39)18-13-22(34)23(35)14-18/h1-8,12,15,18,21-23,25H,9-11,13-14,33-35H2,(H,37,41)(H,38,40)/t21-,22-,23-,25+/m0/s1. The van der Waals surface area contributed by atoms with E-state index in [4.69, 9.17) is 17.2 Å². The maximum absolute atomic E-state index is 13.3. The highest BCUT2D eigenvalue weighted by Gasteiger charge is 2.34. The minimum absolute atomic E-state index is 0.0505. The van der Waals surface area contributed by atoms with Gasteiger partial charge in [-0.3, -0.25) is 19.4 Å². The number of alkyl halides is 3. The molecule has 12 heteroatoms. The van der Waals surface area contributed by atoms with Crippen molar-refractivity contribution in [2.24, 2.45) is 23.1 Å². The van der Waals surface area contributed by atoms with Gasteiger partial charge in [0.2, 0.25) is 11.8 Å². The van der Waals surface area contributed by atoms with Gasteiger partial charge in [0.1, 0.15) is 11.8 Å². The van der Waals surface area contributed by atoms with Crippen LogP contribution in [0.3, 0.4) is 0 Å². The summed E-state index contributed by atoms with van der Waals surface area (Å²) in [7, 11) is 0. The summed E-state index contributed by atoms with van der Waals surface area (Å²) < 4.78 is 39.0. The van der Waals surface area contributed by atoms with Gasteiger partial charge < -0.3 is 27.8 Å². The molecule has 1 aromatic heterocycles. The zero-order chi connectivity index (χ0) is 29.7. The van der Waals surface area contributed by atoms with Crippen LogP contribution in [0, 0.1) is 5.92 Å². The molecule has 3 aromatic rings. The first-order valence-corrected chi connectivity index (χ1v) is 13.3. The van der Waals surface area contributed by atoms with E-state index in [1.807, 2.05) is 24.3 Å².